The molecular weight excluding hydrogens is 328 g/mol. The molecule has 1 heterocycles. The van der Waals surface area contributed by atoms with Crippen LogP contribution in [-0.4, -0.2) is 38.8 Å². The Morgan fingerprint density at radius 1 is 1.60 bits per heavy atom. The molecule has 0 spiro atoms. The van der Waals surface area contributed by atoms with Crippen molar-refractivity contribution < 1.29 is 14.6 Å². The smallest absolute Gasteiger partial charge is 0.404 e. The van der Waals surface area contributed by atoms with Crippen LogP contribution in [0.25, 0.3) is 11.0 Å². The van der Waals surface area contributed by atoms with E-state index in [9.17, 15) is 4.79 Å². The first-order valence-electron chi connectivity index (χ1n) is 6.02. The van der Waals surface area contributed by atoms with Crippen LogP contribution in [0, 0.1) is 0 Å². The number of hydrogen-bond donors (Lipinski definition) is 2. The molecular formula is C12H15BrN4O3. The summed E-state index contributed by atoms with van der Waals surface area (Å²) in [6.45, 7) is 2.45. The van der Waals surface area contributed by atoms with E-state index in [4.69, 9.17) is 9.84 Å². The number of nitrogens with zero attached hydrogens (tertiary/aromatic N) is 3. The van der Waals surface area contributed by atoms with Crippen molar-refractivity contribution in [1.82, 2.24) is 20.3 Å². The van der Waals surface area contributed by atoms with Gasteiger partial charge in [0.05, 0.1) is 24.8 Å². The maximum atomic E-state index is 10.5. The van der Waals surface area contributed by atoms with E-state index in [-0.39, 0.29) is 6.04 Å². The van der Waals surface area contributed by atoms with Gasteiger partial charge in [0.1, 0.15) is 5.52 Å². The van der Waals surface area contributed by atoms with E-state index in [1.54, 1.807) is 11.6 Å². The zero-order valence-corrected chi connectivity index (χ0v) is 12.7. The SMILES string of the molecule is C[C@H](COCc1cc(Br)c2nnn(C)c2c1)NC(=O)O. The zero-order valence-electron chi connectivity index (χ0n) is 11.1. The van der Waals surface area contributed by atoms with Crippen molar-refractivity contribution in [1.29, 1.82) is 0 Å². The third-order valence-corrected chi connectivity index (χ3v) is 3.34. The normalized spacial score (nSPS) is 12.6. The minimum absolute atomic E-state index is 0.252. The van der Waals surface area contributed by atoms with Gasteiger partial charge in [0, 0.05) is 11.5 Å². The summed E-state index contributed by atoms with van der Waals surface area (Å²) in [5.74, 6) is 0. The second-order valence-corrected chi connectivity index (χ2v) is 5.38. The summed E-state index contributed by atoms with van der Waals surface area (Å²) < 4.78 is 8.06. The Hall–Kier alpha value is -1.67. The van der Waals surface area contributed by atoms with Crippen molar-refractivity contribution in [2.24, 2.45) is 7.05 Å². The highest BCUT2D eigenvalue weighted by Gasteiger charge is 2.09. The van der Waals surface area contributed by atoms with E-state index in [1.807, 2.05) is 19.2 Å². The number of halogens is 1. The lowest BCUT2D eigenvalue weighted by atomic mass is 10.2. The van der Waals surface area contributed by atoms with Crippen molar-refractivity contribution in [3.05, 3.63) is 22.2 Å². The number of nitrogens with one attached hydrogen (secondary N) is 1. The third-order valence-electron chi connectivity index (χ3n) is 2.74. The number of amides is 1. The van der Waals surface area contributed by atoms with Gasteiger partial charge in [0.25, 0.3) is 0 Å². The number of hydrogen-bond acceptors (Lipinski definition) is 4. The van der Waals surface area contributed by atoms with Crippen LogP contribution in [0.2, 0.25) is 0 Å². The molecule has 0 radical (unpaired) electrons. The molecule has 0 aliphatic rings. The van der Waals surface area contributed by atoms with E-state index < -0.39 is 6.09 Å². The Kier molecular flexibility index (Phi) is 4.56. The lowest BCUT2D eigenvalue weighted by Crippen LogP contribution is -2.34. The molecule has 1 aromatic carbocycles. The van der Waals surface area contributed by atoms with Crippen LogP contribution >= 0.6 is 15.9 Å². The standard InChI is InChI=1S/C12H15BrN4O3/c1-7(14-12(18)19)5-20-6-8-3-9(13)11-10(4-8)17(2)16-15-11/h3-4,7,14H,5-6H2,1-2H3,(H,18,19)/t7-/m1/s1. The molecule has 0 unspecified atom stereocenters. The fourth-order valence-electron chi connectivity index (χ4n) is 1.83. The molecule has 0 saturated carbocycles. The van der Waals surface area contributed by atoms with Crippen LogP contribution in [0.1, 0.15) is 12.5 Å². The number of aromatic nitrogens is 3. The minimum Gasteiger partial charge on any atom is -0.465 e. The van der Waals surface area contributed by atoms with Crippen LogP contribution in [-0.2, 0) is 18.4 Å². The predicted molar refractivity (Wildman–Crippen MR) is 76.5 cm³/mol. The fourth-order valence-corrected chi connectivity index (χ4v) is 2.41. The summed E-state index contributed by atoms with van der Waals surface area (Å²) in [4.78, 5) is 10.5. The van der Waals surface area contributed by atoms with Crippen LogP contribution in [0.4, 0.5) is 4.79 Å². The molecule has 1 amide bonds. The highest BCUT2D eigenvalue weighted by molar-refractivity contribution is 9.10. The Morgan fingerprint density at radius 3 is 3.05 bits per heavy atom. The summed E-state index contributed by atoms with van der Waals surface area (Å²) in [7, 11) is 1.82. The highest BCUT2D eigenvalue weighted by atomic mass is 79.9. The van der Waals surface area contributed by atoms with Crippen molar-refractivity contribution in [2.75, 3.05) is 6.61 Å². The Balaban J connectivity index is 2.00. The molecule has 2 rings (SSSR count). The van der Waals surface area contributed by atoms with E-state index in [0.29, 0.717) is 13.2 Å². The van der Waals surface area contributed by atoms with Gasteiger partial charge in [-0.05, 0) is 40.5 Å². The molecule has 2 aromatic rings. The lowest BCUT2D eigenvalue weighted by molar-refractivity contribution is 0.101. The highest BCUT2D eigenvalue weighted by Crippen LogP contribution is 2.23. The third kappa shape index (κ3) is 3.45. The molecule has 1 aromatic heterocycles. The molecule has 20 heavy (non-hydrogen) atoms. The first kappa shape index (κ1) is 14.7. The van der Waals surface area contributed by atoms with Crippen LogP contribution < -0.4 is 5.32 Å². The zero-order chi connectivity index (χ0) is 14.7. The second kappa shape index (κ2) is 6.19. The maximum Gasteiger partial charge on any atom is 0.404 e. The number of ether oxygens (including phenoxy) is 1. The second-order valence-electron chi connectivity index (χ2n) is 4.52. The molecule has 0 saturated heterocycles. The van der Waals surface area contributed by atoms with E-state index >= 15 is 0 Å². The quantitative estimate of drug-likeness (QED) is 0.866. The molecule has 7 nitrogen and oxygen atoms in total. The molecule has 0 fully saturated rings. The topological polar surface area (TPSA) is 89.3 Å². The number of carbonyl (C=O) groups is 1. The van der Waals surface area contributed by atoms with Crippen molar-refractivity contribution in [2.45, 2.75) is 19.6 Å². The van der Waals surface area contributed by atoms with Gasteiger partial charge in [0.2, 0.25) is 0 Å². The summed E-state index contributed by atoms with van der Waals surface area (Å²) in [6, 6.07) is 3.62. The maximum absolute atomic E-state index is 10.5. The average Bonchev–Trinajstić information content (AvgIpc) is 2.71. The number of aryl methyl sites for hydroxylation is 1. The average molecular weight is 343 g/mol. The molecule has 8 heteroatoms. The van der Waals surface area contributed by atoms with E-state index in [1.165, 1.54) is 0 Å². The number of carboxylic acid groups (broad SMARTS) is 1. The van der Waals surface area contributed by atoms with Gasteiger partial charge in [-0.1, -0.05) is 5.21 Å². The summed E-state index contributed by atoms with van der Waals surface area (Å²) in [5, 5.41) is 18.9. The van der Waals surface area contributed by atoms with E-state index in [0.717, 1.165) is 21.1 Å². The summed E-state index contributed by atoms with van der Waals surface area (Å²) in [6.07, 6.45) is -1.05. The molecule has 0 bridgehead atoms. The van der Waals surface area contributed by atoms with Gasteiger partial charge >= 0.3 is 6.09 Å². The van der Waals surface area contributed by atoms with Crippen molar-refractivity contribution in [3.63, 3.8) is 0 Å². The minimum atomic E-state index is -1.05. The van der Waals surface area contributed by atoms with Crippen LogP contribution in [0.5, 0.6) is 0 Å². The first-order valence-corrected chi connectivity index (χ1v) is 6.81. The lowest BCUT2D eigenvalue weighted by Gasteiger charge is -2.12. The molecule has 0 aliphatic carbocycles. The van der Waals surface area contributed by atoms with E-state index in [2.05, 4.69) is 31.6 Å². The summed E-state index contributed by atoms with van der Waals surface area (Å²) in [5.41, 5.74) is 2.68. The van der Waals surface area contributed by atoms with Crippen molar-refractivity contribution in [3.8, 4) is 0 Å². The Morgan fingerprint density at radius 2 is 2.35 bits per heavy atom. The van der Waals surface area contributed by atoms with Crippen LogP contribution in [0.15, 0.2) is 16.6 Å². The van der Waals surface area contributed by atoms with Crippen LogP contribution in [0.3, 0.4) is 0 Å². The van der Waals surface area contributed by atoms with Gasteiger partial charge in [-0.25, -0.2) is 9.48 Å². The Bertz CT molecular complexity index is 628. The fraction of sp³-hybridized carbons (Fsp3) is 0.417. The number of rotatable bonds is 5. The van der Waals surface area contributed by atoms with Crippen molar-refractivity contribution >= 4 is 33.1 Å². The number of fused-ring (bicyclic) bond motifs is 1. The first-order chi connectivity index (χ1) is 9.47. The summed E-state index contributed by atoms with van der Waals surface area (Å²) >= 11 is 3.45. The monoisotopic (exact) mass is 342 g/mol. The molecule has 1 atom stereocenters. The molecule has 0 aliphatic heterocycles. The molecule has 2 N–H and O–H groups in total. The van der Waals surface area contributed by atoms with Gasteiger partial charge in [-0.2, -0.15) is 0 Å². The number of benzene rings is 1. The van der Waals surface area contributed by atoms with Gasteiger partial charge in [-0.15, -0.1) is 5.10 Å². The Labute approximate surface area is 124 Å². The van der Waals surface area contributed by atoms with Gasteiger partial charge in [-0.3, -0.25) is 0 Å². The van der Waals surface area contributed by atoms with Gasteiger partial charge in [0.15, 0.2) is 0 Å². The molecule has 108 valence electrons. The van der Waals surface area contributed by atoms with Gasteiger partial charge < -0.3 is 15.2 Å². The largest absolute Gasteiger partial charge is 0.465 e. The predicted octanol–water partition coefficient (Wildman–Crippen LogP) is 1.90.